The summed E-state index contributed by atoms with van der Waals surface area (Å²) in [7, 11) is -1.50. The van der Waals surface area contributed by atoms with Crippen molar-refractivity contribution in [2.75, 3.05) is 18.0 Å². The highest BCUT2D eigenvalue weighted by atomic mass is 32.2. The van der Waals surface area contributed by atoms with Crippen LogP contribution in [0.1, 0.15) is 30.1 Å². The molecule has 18 heavy (non-hydrogen) atoms. The van der Waals surface area contributed by atoms with Gasteiger partial charge in [-0.15, -0.1) is 0 Å². The number of para-hydroxylation sites is 1. The van der Waals surface area contributed by atoms with Crippen molar-refractivity contribution in [3.05, 3.63) is 29.8 Å². The zero-order valence-electron chi connectivity index (χ0n) is 10.5. The van der Waals surface area contributed by atoms with Crippen molar-refractivity contribution in [1.29, 1.82) is 0 Å². The zero-order chi connectivity index (χ0) is 13.5. The molecule has 0 fully saturated rings. The minimum Gasteiger partial charge on any atom is -0.465 e. The molecule has 0 radical (unpaired) electrons. The SMILES string of the molecule is CCCCN(c1ccccc1C(=O)OC)[SH](=O)=O. The molecule has 0 atom stereocenters. The van der Waals surface area contributed by atoms with Crippen LogP contribution in [0.3, 0.4) is 0 Å². The summed E-state index contributed by atoms with van der Waals surface area (Å²) in [5.41, 5.74) is 0.629. The second-order valence-corrected chi connectivity index (χ2v) is 4.68. The summed E-state index contributed by atoms with van der Waals surface area (Å²) in [6.45, 7) is 2.34. The monoisotopic (exact) mass is 271 g/mol. The first-order valence-electron chi connectivity index (χ1n) is 5.71. The van der Waals surface area contributed by atoms with Gasteiger partial charge in [-0.1, -0.05) is 25.5 Å². The largest absolute Gasteiger partial charge is 0.465 e. The Kier molecular flexibility index (Phi) is 5.64. The molecule has 0 aliphatic carbocycles. The molecule has 0 unspecified atom stereocenters. The Balaban J connectivity index is 3.15. The van der Waals surface area contributed by atoms with Crippen molar-refractivity contribution in [3.63, 3.8) is 0 Å². The van der Waals surface area contributed by atoms with E-state index in [2.05, 4.69) is 4.74 Å². The first kappa shape index (κ1) is 14.5. The molecule has 5 nitrogen and oxygen atoms in total. The van der Waals surface area contributed by atoms with Crippen LogP contribution in [-0.4, -0.2) is 28.0 Å². The minimum absolute atomic E-state index is 0.260. The van der Waals surface area contributed by atoms with Gasteiger partial charge >= 0.3 is 5.97 Å². The second kappa shape index (κ2) is 7.00. The van der Waals surface area contributed by atoms with Crippen LogP contribution in [0, 0.1) is 0 Å². The molecule has 100 valence electrons. The Labute approximate surface area is 108 Å². The Bertz CT molecular complexity index is 477. The number of carbonyl (C=O) groups excluding carboxylic acids is 1. The number of unbranched alkanes of at least 4 members (excludes halogenated alkanes) is 1. The normalized spacial score (nSPS) is 10.4. The van der Waals surface area contributed by atoms with Crippen molar-refractivity contribution in [2.24, 2.45) is 0 Å². The molecule has 0 N–H and O–H groups in total. The maximum Gasteiger partial charge on any atom is 0.340 e. The smallest absolute Gasteiger partial charge is 0.340 e. The lowest BCUT2D eigenvalue weighted by Crippen LogP contribution is -2.24. The number of benzene rings is 1. The van der Waals surface area contributed by atoms with Crippen LogP contribution < -0.4 is 4.31 Å². The van der Waals surface area contributed by atoms with E-state index in [-0.39, 0.29) is 5.56 Å². The molecule has 0 heterocycles. The number of anilines is 1. The molecule has 0 saturated carbocycles. The van der Waals surface area contributed by atoms with E-state index in [0.29, 0.717) is 12.2 Å². The predicted molar refractivity (Wildman–Crippen MR) is 70.4 cm³/mol. The van der Waals surface area contributed by atoms with E-state index in [0.717, 1.165) is 12.8 Å². The van der Waals surface area contributed by atoms with Crippen molar-refractivity contribution in [2.45, 2.75) is 19.8 Å². The van der Waals surface area contributed by atoms with Gasteiger partial charge in [-0.05, 0) is 18.6 Å². The van der Waals surface area contributed by atoms with Crippen molar-refractivity contribution in [1.82, 2.24) is 0 Å². The van der Waals surface area contributed by atoms with E-state index in [4.69, 9.17) is 0 Å². The lowest BCUT2D eigenvalue weighted by Gasteiger charge is -2.19. The maximum atomic E-state index is 11.6. The quantitative estimate of drug-likeness (QED) is 0.630. The Morgan fingerprint density at radius 3 is 2.56 bits per heavy atom. The highest BCUT2D eigenvalue weighted by molar-refractivity contribution is 7.74. The summed E-state index contributed by atoms with van der Waals surface area (Å²) in [6, 6.07) is 6.52. The Morgan fingerprint density at radius 1 is 1.33 bits per heavy atom. The summed E-state index contributed by atoms with van der Waals surface area (Å²) >= 11 is 0. The first-order chi connectivity index (χ1) is 8.61. The molecule has 0 bridgehead atoms. The molecule has 1 aromatic carbocycles. The van der Waals surface area contributed by atoms with Crippen LogP contribution in [0.4, 0.5) is 5.69 Å². The van der Waals surface area contributed by atoms with E-state index in [1.54, 1.807) is 24.3 Å². The van der Waals surface area contributed by atoms with E-state index < -0.39 is 16.9 Å². The van der Waals surface area contributed by atoms with Gasteiger partial charge in [0.25, 0.3) is 0 Å². The molecular weight excluding hydrogens is 254 g/mol. The fraction of sp³-hybridized carbons (Fsp3) is 0.417. The molecule has 0 amide bonds. The number of hydrogen-bond donors (Lipinski definition) is 1. The number of carbonyl (C=O) groups is 1. The third kappa shape index (κ3) is 3.46. The molecule has 6 heteroatoms. The highest BCUT2D eigenvalue weighted by Crippen LogP contribution is 2.21. The Morgan fingerprint density at radius 2 is 2.00 bits per heavy atom. The zero-order valence-corrected chi connectivity index (χ0v) is 11.4. The number of ether oxygens (including phenoxy) is 1. The number of rotatable bonds is 6. The van der Waals surface area contributed by atoms with Crippen LogP contribution in [-0.2, 0) is 15.6 Å². The average molecular weight is 271 g/mol. The van der Waals surface area contributed by atoms with Gasteiger partial charge < -0.3 is 4.74 Å². The highest BCUT2D eigenvalue weighted by Gasteiger charge is 2.17. The van der Waals surface area contributed by atoms with Gasteiger partial charge in [-0.2, -0.15) is 0 Å². The molecule has 0 saturated heterocycles. The van der Waals surface area contributed by atoms with E-state index >= 15 is 0 Å². The number of thiol groups is 1. The minimum atomic E-state index is -2.77. The number of hydrogen-bond acceptors (Lipinski definition) is 4. The third-order valence-corrected chi connectivity index (χ3v) is 3.32. The lowest BCUT2D eigenvalue weighted by molar-refractivity contribution is 0.0601. The topological polar surface area (TPSA) is 63.7 Å². The van der Waals surface area contributed by atoms with Gasteiger partial charge in [0.2, 0.25) is 10.9 Å². The standard InChI is InChI=1S/C12H17NO4S/c1-3-4-9-13(18(15)16)11-8-6-5-7-10(11)12(14)17-2/h5-8,18H,3-4,9H2,1-2H3. The van der Waals surface area contributed by atoms with E-state index in [1.807, 2.05) is 6.92 Å². The summed E-state index contributed by atoms with van der Waals surface area (Å²) < 4.78 is 28.4. The fourth-order valence-corrected chi connectivity index (χ4v) is 2.23. The van der Waals surface area contributed by atoms with Gasteiger partial charge in [0, 0.05) is 6.54 Å². The molecule has 1 rings (SSSR count). The van der Waals surface area contributed by atoms with Crippen molar-refractivity contribution < 1.29 is 17.9 Å². The van der Waals surface area contributed by atoms with Crippen LogP contribution in [0.15, 0.2) is 24.3 Å². The van der Waals surface area contributed by atoms with Gasteiger partial charge in [0.15, 0.2) is 0 Å². The van der Waals surface area contributed by atoms with Crippen molar-refractivity contribution >= 4 is 22.5 Å². The second-order valence-electron chi connectivity index (χ2n) is 3.72. The number of methoxy groups -OCH3 is 1. The predicted octanol–water partition coefficient (Wildman–Crippen LogP) is 1.61. The molecule has 1 aromatic rings. The fourth-order valence-electron chi connectivity index (χ4n) is 1.58. The first-order valence-corrected chi connectivity index (χ1v) is 6.84. The van der Waals surface area contributed by atoms with Gasteiger partial charge in [-0.3, -0.25) is 4.31 Å². The maximum absolute atomic E-state index is 11.6. The molecule has 0 spiro atoms. The average Bonchev–Trinajstić information content (AvgIpc) is 2.38. The number of nitrogens with zero attached hydrogens (tertiary/aromatic N) is 1. The lowest BCUT2D eigenvalue weighted by atomic mass is 10.1. The van der Waals surface area contributed by atoms with Crippen LogP contribution in [0.2, 0.25) is 0 Å². The molecule has 0 aromatic heterocycles. The van der Waals surface area contributed by atoms with Crippen LogP contribution in [0.5, 0.6) is 0 Å². The molecule has 0 aliphatic heterocycles. The molecule has 0 aliphatic rings. The van der Waals surface area contributed by atoms with Gasteiger partial charge in [0.1, 0.15) is 0 Å². The summed E-state index contributed by atoms with van der Waals surface area (Å²) in [4.78, 5) is 11.6. The Hall–Kier alpha value is -1.56. The van der Waals surface area contributed by atoms with E-state index in [1.165, 1.54) is 11.4 Å². The van der Waals surface area contributed by atoms with Gasteiger partial charge in [0.05, 0.1) is 18.4 Å². The molecular formula is C12H17NO4S. The van der Waals surface area contributed by atoms with E-state index in [9.17, 15) is 13.2 Å². The van der Waals surface area contributed by atoms with Gasteiger partial charge in [-0.25, -0.2) is 13.2 Å². The third-order valence-electron chi connectivity index (χ3n) is 2.51. The van der Waals surface area contributed by atoms with Crippen molar-refractivity contribution in [3.8, 4) is 0 Å². The number of esters is 1. The summed E-state index contributed by atoms with van der Waals surface area (Å²) in [5.74, 6) is -0.538. The van der Waals surface area contributed by atoms with Crippen LogP contribution >= 0.6 is 0 Å². The summed E-state index contributed by atoms with van der Waals surface area (Å²) in [5, 5.41) is 0. The summed E-state index contributed by atoms with van der Waals surface area (Å²) in [6.07, 6.45) is 1.61. The van der Waals surface area contributed by atoms with Crippen LogP contribution in [0.25, 0.3) is 0 Å².